The molecule has 1 aromatic rings. The van der Waals surface area contributed by atoms with Gasteiger partial charge in [0.2, 0.25) is 5.91 Å². The first-order chi connectivity index (χ1) is 8.33. The summed E-state index contributed by atoms with van der Waals surface area (Å²) in [5.41, 5.74) is 2.44. The van der Waals surface area contributed by atoms with Gasteiger partial charge in [-0.25, -0.2) is 0 Å². The van der Waals surface area contributed by atoms with Gasteiger partial charge in [0.05, 0.1) is 0 Å². The molecule has 1 saturated carbocycles. The van der Waals surface area contributed by atoms with E-state index in [-0.39, 0.29) is 11.8 Å². The lowest BCUT2D eigenvalue weighted by atomic mass is 9.82. The van der Waals surface area contributed by atoms with Crippen LogP contribution in [0.1, 0.15) is 37.2 Å². The van der Waals surface area contributed by atoms with Crippen LogP contribution in [0, 0.1) is 0 Å². The molecule has 1 fully saturated rings. The third-order valence-corrected chi connectivity index (χ3v) is 4.27. The van der Waals surface area contributed by atoms with Crippen molar-refractivity contribution in [3.8, 4) is 0 Å². The highest BCUT2D eigenvalue weighted by molar-refractivity contribution is 6.29. The lowest BCUT2D eigenvalue weighted by Gasteiger charge is -2.31. The lowest BCUT2D eigenvalue weighted by molar-refractivity contribution is -0.116. The first-order valence-corrected chi connectivity index (χ1v) is 6.83. The van der Waals surface area contributed by atoms with Crippen molar-refractivity contribution in [2.45, 2.75) is 37.6 Å². The molecule has 90 valence electrons. The number of alkyl halides is 1. The van der Waals surface area contributed by atoms with Gasteiger partial charge in [-0.1, -0.05) is 31.0 Å². The van der Waals surface area contributed by atoms with Gasteiger partial charge in [0.15, 0.2) is 0 Å². The predicted molar refractivity (Wildman–Crippen MR) is 69.6 cm³/mol. The van der Waals surface area contributed by atoms with Crippen molar-refractivity contribution in [2.75, 3.05) is 10.8 Å². The van der Waals surface area contributed by atoms with Crippen molar-refractivity contribution < 1.29 is 4.79 Å². The van der Waals surface area contributed by atoms with Crippen molar-refractivity contribution >= 4 is 23.2 Å². The number of halogens is 1. The standard InChI is InChI=1S/C14H16ClNO/c15-9-14(17)16-12-7-3-1-5-10(12)11-6-2-4-8-13(11)16/h1,3,5,7,11,13H,2,4,6,8-9H2/t11-,13+/m1/s1. The van der Waals surface area contributed by atoms with Crippen LogP contribution in [-0.4, -0.2) is 17.8 Å². The van der Waals surface area contributed by atoms with E-state index in [9.17, 15) is 4.79 Å². The maximum Gasteiger partial charge on any atom is 0.242 e. The largest absolute Gasteiger partial charge is 0.307 e. The Bertz CT molecular complexity index is 446. The van der Waals surface area contributed by atoms with Gasteiger partial charge in [0, 0.05) is 17.6 Å². The second kappa shape index (κ2) is 4.34. The summed E-state index contributed by atoms with van der Waals surface area (Å²) >= 11 is 5.74. The minimum Gasteiger partial charge on any atom is -0.307 e. The molecule has 1 aliphatic carbocycles. The minimum atomic E-state index is 0.0496. The lowest BCUT2D eigenvalue weighted by Crippen LogP contribution is -2.41. The second-order valence-electron chi connectivity index (χ2n) is 4.91. The van der Waals surface area contributed by atoms with Crippen LogP contribution in [0.25, 0.3) is 0 Å². The SMILES string of the molecule is O=C(CCl)N1c2ccccc2[C@H]2CCCC[C@@H]21. The van der Waals surface area contributed by atoms with E-state index in [2.05, 4.69) is 18.2 Å². The third kappa shape index (κ3) is 1.66. The Morgan fingerprint density at radius 3 is 2.88 bits per heavy atom. The molecule has 1 amide bonds. The molecule has 0 spiro atoms. The van der Waals surface area contributed by atoms with Gasteiger partial charge in [0.25, 0.3) is 0 Å². The smallest absolute Gasteiger partial charge is 0.242 e. The van der Waals surface area contributed by atoms with Gasteiger partial charge in [0.1, 0.15) is 5.88 Å². The normalized spacial score (nSPS) is 26.5. The second-order valence-corrected chi connectivity index (χ2v) is 5.18. The maximum absolute atomic E-state index is 12.0. The van der Waals surface area contributed by atoms with Crippen LogP contribution in [0.3, 0.4) is 0 Å². The molecule has 0 saturated heterocycles. The Labute approximate surface area is 107 Å². The predicted octanol–water partition coefficient (Wildman–Crippen LogP) is 3.30. The zero-order chi connectivity index (χ0) is 11.8. The van der Waals surface area contributed by atoms with E-state index in [1.165, 1.54) is 24.8 Å². The van der Waals surface area contributed by atoms with E-state index in [1.54, 1.807) is 0 Å². The zero-order valence-corrected chi connectivity index (χ0v) is 10.5. The van der Waals surface area contributed by atoms with Crippen LogP contribution in [0.15, 0.2) is 24.3 Å². The monoisotopic (exact) mass is 249 g/mol. The third-order valence-electron chi connectivity index (χ3n) is 4.04. The number of hydrogen-bond donors (Lipinski definition) is 0. The summed E-state index contributed by atoms with van der Waals surface area (Å²) in [7, 11) is 0. The van der Waals surface area contributed by atoms with Crippen molar-refractivity contribution in [2.24, 2.45) is 0 Å². The van der Waals surface area contributed by atoms with Gasteiger partial charge in [-0.2, -0.15) is 0 Å². The Morgan fingerprint density at radius 1 is 1.29 bits per heavy atom. The molecule has 2 aliphatic rings. The van der Waals surface area contributed by atoms with E-state index in [0.717, 1.165) is 12.1 Å². The molecule has 0 unspecified atom stereocenters. The van der Waals surface area contributed by atoms with E-state index >= 15 is 0 Å². The topological polar surface area (TPSA) is 20.3 Å². The molecule has 1 heterocycles. The average molecular weight is 250 g/mol. The molecular weight excluding hydrogens is 234 g/mol. The minimum absolute atomic E-state index is 0.0496. The van der Waals surface area contributed by atoms with Gasteiger partial charge in [-0.05, 0) is 24.5 Å². The van der Waals surface area contributed by atoms with Crippen LogP contribution in [-0.2, 0) is 4.79 Å². The average Bonchev–Trinajstić information content (AvgIpc) is 2.72. The summed E-state index contributed by atoms with van der Waals surface area (Å²) in [5.74, 6) is 0.665. The quantitative estimate of drug-likeness (QED) is 0.700. The molecule has 0 N–H and O–H groups in total. The van der Waals surface area contributed by atoms with Gasteiger partial charge in [-0.15, -0.1) is 11.6 Å². The van der Waals surface area contributed by atoms with Crippen LogP contribution >= 0.6 is 11.6 Å². The van der Waals surface area contributed by atoms with Crippen LogP contribution in [0.2, 0.25) is 0 Å². The number of rotatable bonds is 1. The summed E-state index contributed by atoms with van der Waals surface area (Å²) in [6.45, 7) is 0. The molecule has 0 aromatic heterocycles. The zero-order valence-electron chi connectivity index (χ0n) is 9.73. The number of amides is 1. The van der Waals surface area contributed by atoms with Crippen LogP contribution in [0.5, 0.6) is 0 Å². The number of benzene rings is 1. The Kier molecular flexibility index (Phi) is 2.83. The maximum atomic E-state index is 12.0. The fourth-order valence-corrected chi connectivity index (χ4v) is 3.49. The molecule has 1 aliphatic heterocycles. The summed E-state index contributed by atoms with van der Waals surface area (Å²) < 4.78 is 0. The fraction of sp³-hybridized carbons (Fsp3) is 0.500. The van der Waals surface area contributed by atoms with E-state index in [0.29, 0.717) is 12.0 Å². The molecule has 1 aromatic carbocycles. The summed E-state index contributed by atoms with van der Waals surface area (Å²) in [6, 6.07) is 8.65. The van der Waals surface area contributed by atoms with Crippen molar-refractivity contribution in [1.29, 1.82) is 0 Å². The van der Waals surface area contributed by atoms with Gasteiger partial charge < -0.3 is 4.90 Å². The first kappa shape index (κ1) is 11.1. The van der Waals surface area contributed by atoms with Gasteiger partial charge >= 0.3 is 0 Å². The summed E-state index contributed by atoms with van der Waals surface area (Å²) in [4.78, 5) is 14.0. The Morgan fingerprint density at radius 2 is 2.06 bits per heavy atom. The molecule has 17 heavy (non-hydrogen) atoms. The Hall–Kier alpha value is -1.02. The van der Waals surface area contributed by atoms with E-state index in [1.807, 2.05) is 11.0 Å². The summed E-state index contributed by atoms with van der Waals surface area (Å²) in [5, 5.41) is 0. The van der Waals surface area contributed by atoms with Crippen molar-refractivity contribution in [3.05, 3.63) is 29.8 Å². The molecular formula is C14H16ClNO. The van der Waals surface area contributed by atoms with Crippen molar-refractivity contribution in [3.63, 3.8) is 0 Å². The highest BCUT2D eigenvalue weighted by atomic mass is 35.5. The number of hydrogen-bond acceptors (Lipinski definition) is 1. The first-order valence-electron chi connectivity index (χ1n) is 6.30. The molecule has 0 bridgehead atoms. The molecule has 3 heteroatoms. The van der Waals surface area contributed by atoms with Gasteiger partial charge in [-0.3, -0.25) is 4.79 Å². The number of fused-ring (bicyclic) bond motifs is 3. The highest BCUT2D eigenvalue weighted by Crippen LogP contribution is 2.47. The number of nitrogens with zero attached hydrogens (tertiary/aromatic N) is 1. The molecule has 2 atom stereocenters. The summed E-state index contributed by atoms with van der Waals surface area (Å²) in [6.07, 6.45) is 4.81. The van der Waals surface area contributed by atoms with Crippen LogP contribution in [0.4, 0.5) is 5.69 Å². The van der Waals surface area contributed by atoms with E-state index < -0.39 is 0 Å². The fourth-order valence-electron chi connectivity index (χ4n) is 3.37. The number of carbonyl (C=O) groups is 1. The number of anilines is 1. The van der Waals surface area contributed by atoms with E-state index in [4.69, 9.17) is 11.6 Å². The number of carbonyl (C=O) groups excluding carboxylic acids is 1. The van der Waals surface area contributed by atoms with Crippen LogP contribution < -0.4 is 4.90 Å². The van der Waals surface area contributed by atoms with Crippen molar-refractivity contribution in [1.82, 2.24) is 0 Å². The number of para-hydroxylation sites is 1. The molecule has 0 radical (unpaired) electrons. The molecule has 2 nitrogen and oxygen atoms in total. The highest BCUT2D eigenvalue weighted by Gasteiger charge is 2.41. The Balaban J connectivity index is 2.05. The molecule has 3 rings (SSSR count).